The Hall–Kier alpha value is -1.26. The van der Waals surface area contributed by atoms with Gasteiger partial charge in [0.05, 0.1) is 6.61 Å². The molecular weight excluding hydrogens is 218 g/mol. The monoisotopic (exact) mass is 237 g/mol. The SMILES string of the molecule is COCc1cc2c(cc1C(C)CN)OCCO2. The largest absolute Gasteiger partial charge is 0.486 e. The van der Waals surface area contributed by atoms with Crippen LogP contribution in [-0.2, 0) is 11.3 Å². The molecule has 1 heterocycles. The van der Waals surface area contributed by atoms with Crippen LogP contribution in [0.5, 0.6) is 11.5 Å². The molecule has 4 nitrogen and oxygen atoms in total. The van der Waals surface area contributed by atoms with Crippen LogP contribution in [0.15, 0.2) is 12.1 Å². The molecule has 0 aromatic heterocycles. The molecule has 4 heteroatoms. The minimum absolute atomic E-state index is 0.288. The van der Waals surface area contributed by atoms with E-state index in [1.807, 2.05) is 12.1 Å². The van der Waals surface area contributed by atoms with Gasteiger partial charge in [0.1, 0.15) is 13.2 Å². The standard InChI is InChI=1S/C13H19NO3/c1-9(7-14)11-6-13-12(16-3-4-17-13)5-10(11)8-15-2/h5-6,9H,3-4,7-8,14H2,1-2H3. The van der Waals surface area contributed by atoms with Crippen LogP contribution in [0.2, 0.25) is 0 Å². The van der Waals surface area contributed by atoms with Gasteiger partial charge in [-0.3, -0.25) is 0 Å². The molecular formula is C13H19NO3. The van der Waals surface area contributed by atoms with Crippen molar-refractivity contribution < 1.29 is 14.2 Å². The van der Waals surface area contributed by atoms with Crippen LogP contribution < -0.4 is 15.2 Å². The van der Waals surface area contributed by atoms with Gasteiger partial charge in [-0.2, -0.15) is 0 Å². The minimum Gasteiger partial charge on any atom is -0.486 e. The second-order valence-electron chi connectivity index (χ2n) is 4.26. The van der Waals surface area contributed by atoms with Gasteiger partial charge >= 0.3 is 0 Å². The third kappa shape index (κ3) is 2.53. The van der Waals surface area contributed by atoms with Gasteiger partial charge in [0.25, 0.3) is 0 Å². The van der Waals surface area contributed by atoms with E-state index in [-0.39, 0.29) is 5.92 Å². The number of fused-ring (bicyclic) bond motifs is 1. The predicted octanol–water partition coefficient (Wildman–Crippen LogP) is 1.67. The van der Waals surface area contributed by atoms with Crippen molar-refractivity contribution in [2.24, 2.45) is 5.73 Å². The van der Waals surface area contributed by atoms with E-state index in [0.29, 0.717) is 26.4 Å². The molecule has 0 amide bonds. The number of hydrogen-bond donors (Lipinski definition) is 1. The number of ether oxygens (including phenoxy) is 3. The van der Waals surface area contributed by atoms with Gasteiger partial charge in [0, 0.05) is 7.11 Å². The van der Waals surface area contributed by atoms with Crippen LogP contribution in [-0.4, -0.2) is 26.9 Å². The van der Waals surface area contributed by atoms with Crippen molar-refractivity contribution in [1.82, 2.24) is 0 Å². The molecule has 0 aliphatic carbocycles. The van der Waals surface area contributed by atoms with Crippen LogP contribution in [0.4, 0.5) is 0 Å². The normalized spacial score (nSPS) is 15.7. The topological polar surface area (TPSA) is 53.7 Å². The van der Waals surface area contributed by atoms with Crippen LogP contribution in [0, 0.1) is 0 Å². The zero-order valence-electron chi connectivity index (χ0n) is 10.4. The molecule has 17 heavy (non-hydrogen) atoms. The lowest BCUT2D eigenvalue weighted by atomic mass is 9.95. The van der Waals surface area contributed by atoms with E-state index in [0.717, 1.165) is 17.1 Å². The van der Waals surface area contributed by atoms with Crippen molar-refractivity contribution >= 4 is 0 Å². The second kappa shape index (κ2) is 5.38. The van der Waals surface area contributed by atoms with Gasteiger partial charge in [0.15, 0.2) is 11.5 Å². The van der Waals surface area contributed by atoms with Crippen LogP contribution >= 0.6 is 0 Å². The summed E-state index contributed by atoms with van der Waals surface area (Å²) in [5.41, 5.74) is 8.03. The maximum absolute atomic E-state index is 5.73. The highest BCUT2D eigenvalue weighted by atomic mass is 16.6. The summed E-state index contributed by atoms with van der Waals surface area (Å²) in [5, 5.41) is 0. The number of methoxy groups -OCH3 is 1. The Morgan fingerprint density at radius 2 is 1.94 bits per heavy atom. The van der Waals surface area contributed by atoms with Crippen molar-refractivity contribution in [1.29, 1.82) is 0 Å². The van der Waals surface area contributed by atoms with E-state index in [2.05, 4.69) is 6.92 Å². The van der Waals surface area contributed by atoms with Gasteiger partial charge in [-0.05, 0) is 35.7 Å². The van der Waals surface area contributed by atoms with Gasteiger partial charge in [-0.15, -0.1) is 0 Å². The van der Waals surface area contributed by atoms with Crippen molar-refractivity contribution in [2.45, 2.75) is 19.4 Å². The highest BCUT2D eigenvalue weighted by molar-refractivity contribution is 5.49. The Kier molecular flexibility index (Phi) is 3.86. The van der Waals surface area contributed by atoms with E-state index in [9.17, 15) is 0 Å². The first-order valence-electron chi connectivity index (χ1n) is 5.87. The average Bonchev–Trinajstić information content (AvgIpc) is 2.37. The Bertz CT molecular complexity index is 392. The Labute approximate surface area is 102 Å². The van der Waals surface area contributed by atoms with Crippen molar-refractivity contribution in [3.05, 3.63) is 23.3 Å². The number of rotatable bonds is 4. The van der Waals surface area contributed by atoms with E-state index >= 15 is 0 Å². The fourth-order valence-corrected chi connectivity index (χ4v) is 2.01. The summed E-state index contributed by atoms with van der Waals surface area (Å²) >= 11 is 0. The van der Waals surface area contributed by atoms with Gasteiger partial charge < -0.3 is 19.9 Å². The minimum atomic E-state index is 0.288. The third-order valence-corrected chi connectivity index (χ3v) is 2.99. The summed E-state index contributed by atoms with van der Waals surface area (Å²) in [6.45, 7) is 4.48. The first-order valence-corrected chi connectivity index (χ1v) is 5.87. The van der Waals surface area contributed by atoms with Gasteiger partial charge in [-0.25, -0.2) is 0 Å². The van der Waals surface area contributed by atoms with E-state index in [1.165, 1.54) is 5.56 Å². The average molecular weight is 237 g/mol. The maximum atomic E-state index is 5.73. The molecule has 0 saturated carbocycles. The van der Waals surface area contributed by atoms with Crippen LogP contribution in [0.3, 0.4) is 0 Å². The number of benzene rings is 1. The summed E-state index contributed by atoms with van der Waals surface area (Å²) in [4.78, 5) is 0. The number of nitrogens with two attached hydrogens (primary N) is 1. The lowest BCUT2D eigenvalue weighted by molar-refractivity contribution is 0.166. The molecule has 1 atom stereocenters. The summed E-state index contributed by atoms with van der Waals surface area (Å²) in [7, 11) is 1.69. The van der Waals surface area contributed by atoms with Gasteiger partial charge in [0.2, 0.25) is 0 Å². The molecule has 1 unspecified atom stereocenters. The summed E-state index contributed by atoms with van der Waals surface area (Å²) in [5.74, 6) is 1.90. The molecule has 94 valence electrons. The van der Waals surface area contributed by atoms with E-state index < -0.39 is 0 Å². The molecule has 1 aliphatic heterocycles. The summed E-state index contributed by atoms with van der Waals surface area (Å²) in [6.07, 6.45) is 0. The van der Waals surface area contributed by atoms with Crippen molar-refractivity contribution in [3.8, 4) is 11.5 Å². The molecule has 2 N–H and O–H groups in total. The molecule has 0 bridgehead atoms. The van der Waals surface area contributed by atoms with Crippen molar-refractivity contribution in [2.75, 3.05) is 26.9 Å². The summed E-state index contributed by atoms with van der Waals surface area (Å²) < 4.78 is 16.4. The van der Waals surface area contributed by atoms with E-state index in [4.69, 9.17) is 19.9 Å². The maximum Gasteiger partial charge on any atom is 0.161 e. The summed E-state index contributed by atoms with van der Waals surface area (Å²) in [6, 6.07) is 4.03. The molecule has 1 aromatic rings. The first kappa shape index (κ1) is 12.2. The number of hydrogen-bond acceptors (Lipinski definition) is 4. The molecule has 2 rings (SSSR count). The fourth-order valence-electron chi connectivity index (χ4n) is 2.01. The zero-order chi connectivity index (χ0) is 12.3. The molecule has 0 saturated heterocycles. The lowest BCUT2D eigenvalue weighted by Gasteiger charge is -2.23. The fraction of sp³-hybridized carbons (Fsp3) is 0.538. The smallest absolute Gasteiger partial charge is 0.161 e. The highest BCUT2D eigenvalue weighted by Gasteiger charge is 2.18. The Morgan fingerprint density at radius 3 is 2.53 bits per heavy atom. The van der Waals surface area contributed by atoms with Crippen LogP contribution in [0.25, 0.3) is 0 Å². The second-order valence-corrected chi connectivity index (χ2v) is 4.26. The Morgan fingerprint density at radius 1 is 1.29 bits per heavy atom. The van der Waals surface area contributed by atoms with Gasteiger partial charge in [-0.1, -0.05) is 6.92 Å². The quantitative estimate of drug-likeness (QED) is 0.865. The van der Waals surface area contributed by atoms with Crippen LogP contribution in [0.1, 0.15) is 24.0 Å². The van der Waals surface area contributed by atoms with Crippen molar-refractivity contribution in [3.63, 3.8) is 0 Å². The van der Waals surface area contributed by atoms with E-state index in [1.54, 1.807) is 7.11 Å². The highest BCUT2D eigenvalue weighted by Crippen LogP contribution is 2.36. The molecule has 1 aliphatic rings. The molecule has 1 aromatic carbocycles. The predicted molar refractivity (Wildman–Crippen MR) is 65.6 cm³/mol. The Balaban J connectivity index is 2.40. The molecule has 0 radical (unpaired) electrons. The lowest BCUT2D eigenvalue weighted by Crippen LogP contribution is -2.17. The first-order chi connectivity index (χ1) is 8.26. The molecule has 0 fully saturated rings. The zero-order valence-corrected chi connectivity index (χ0v) is 10.4. The third-order valence-electron chi connectivity index (χ3n) is 2.99. The molecule has 0 spiro atoms.